The number of ether oxygens (including phenoxy) is 3. The summed E-state index contributed by atoms with van der Waals surface area (Å²) in [5, 5.41) is 27.0. The Morgan fingerprint density at radius 2 is 2.14 bits per heavy atom. The minimum Gasteiger partial charge on any atom is -0.870 e. The molecule has 1 heterocycles. The molecular weight excluding hydrogens is 370 g/mol. The summed E-state index contributed by atoms with van der Waals surface area (Å²) in [5.74, 6) is -0.360. The lowest BCUT2D eigenvalue weighted by atomic mass is 10.1. The number of nitro benzene ring substituents is 1. The molecule has 3 rings (SSSR count). The molecule has 0 saturated heterocycles. The average molecular weight is 386 g/mol. The van der Waals surface area contributed by atoms with E-state index >= 15 is 0 Å². The van der Waals surface area contributed by atoms with Crippen LogP contribution in [0.15, 0.2) is 41.5 Å². The van der Waals surface area contributed by atoms with Gasteiger partial charge in [0.1, 0.15) is 12.4 Å². The second-order valence-corrected chi connectivity index (χ2v) is 5.65. The highest BCUT2D eigenvalue weighted by Crippen LogP contribution is 2.32. The van der Waals surface area contributed by atoms with Crippen molar-refractivity contribution in [2.24, 2.45) is 5.10 Å². The van der Waals surface area contributed by atoms with Crippen LogP contribution in [0.4, 0.5) is 5.69 Å². The maximum Gasteiger partial charge on any atom is 0.284 e. The van der Waals surface area contributed by atoms with Gasteiger partial charge in [-0.25, -0.2) is 5.43 Å². The van der Waals surface area contributed by atoms with Crippen LogP contribution in [0.2, 0.25) is 0 Å². The number of fused-ring (bicyclic) bond motifs is 1. The van der Waals surface area contributed by atoms with E-state index in [9.17, 15) is 20.0 Å². The SMILES string of the molecule is CCOc1cc([N+](=O)[O-])cc(/C=N/NC(=O)[C@@H]2COc3ccccc3O2)c1[O-]. The fraction of sp³-hybridized carbons (Fsp3) is 0.222. The van der Waals surface area contributed by atoms with Gasteiger partial charge in [0.05, 0.1) is 23.8 Å². The molecule has 1 atom stereocenters. The first-order valence-corrected chi connectivity index (χ1v) is 8.33. The molecule has 0 spiro atoms. The van der Waals surface area contributed by atoms with Crippen LogP contribution in [0.3, 0.4) is 0 Å². The van der Waals surface area contributed by atoms with Crippen molar-refractivity contribution < 1.29 is 29.0 Å². The first kappa shape index (κ1) is 19.0. The van der Waals surface area contributed by atoms with E-state index in [4.69, 9.17) is 14.2 Å². The molecule has 28 heavy (non-hydrogen) atoms. The molecule has 1 N–H and O–H groups in total. The average Bonchev–Trinajstić information content (AvgIpc) is 2.70. The lowest BCUT2D eigenvalue weighted by Gasteiger charge is -2.24. The van der Waals surface area contributed by atoms with Crippen molar-refractivity contribution in [2.45, 2.75) is 13.0 Å². The van der Waals surface area contributed by atoms with E-state index in [0.29, 0.717) is 11.5 Å². The Morgan fingerprint density at radius 3 is 2.86 bits per heavy atom. The summed E-state index contributed by atoms with van der Waals surface area (Å²) >= 11 is 0. The molecule has 1 amide bonds. The molecule has 1 aliphatic heterocycles. The second-order valence-electron chi connectivity index (χ2n) is 5.65. The van der Waals surface area contributed by atoms with Crippen LogP contribution < -0.4 is 24.7 Å². The molecule has 146 valence electrons. The minimum atomic E-state index is -0.928. The third-order valence-corrected chi connectivity index (χ3v) is 3.76. The fourth-order valence-corrected chi connectivity index (χ4v) is 2.46. The maximum absolute atomic E-state index is 12.3. The van der Waals surface area contributed by atoms with Crippen LogP contribution in [-0.2, 0) is 4.79 Å². The van der Waals surface area contributed by atoms with E-state index in [-0.39, 0.29) is 30.2 Å². The second kappa shape index (κ2) is 8.25. The predicted molar refractivity (Wildman–Crippen MR) is 95.8 cm³/mol. The maximum atomic E-state index is 12.3. The number of nitro groups is 1. The molecule has 0 aliphatic carbocycles. The van der Waals surface area contributed by atoms with E-state index in [0.717, 1.165) is 18.3 Å². The van der Waals surface area contributed by atoms with Crippen molar-refractivity contribution in [3.8, 4) is 23.0 Å². The zero-order chi connectivity index (χ0) is 20.1. The van der Waals surface area contributed by atoms with Crippen LogP contribution in [0, 0.1) is 10.1 Å². The van der Waals surface area contributed by atoms with E-state index in [1.807, 2.05) is 0 Å². The van der Waals surface area contributed by atoms with Crippen molar-refractivity contribution in [1.29, 1.82) is 0 Å². The number of benzene rings is 2. The van der Waals surface area contributed by atoms with Crippen molar-refractivity contribution in [3.63, 3.8) is 0 Å². The standard InChI is InChI=1S/C18H17N3O7/c1-2-26-15-8-12(21(24)25)7-11(17(15)22)9-19-20-18(23)16-10-27-13-5-3-4-6-14(13)28-16/h3-9,16,22H,2,10H2,1H3,(H,20,23)/p-1/b19-9+/t16-/m0/s1. The monoisotopic (exact) mass is 386 g/mol. The zero-order valence-corrected chi connectivity index (χ0v) is 14.8. The van der Waals surface area contributed by atoms with Crippen molar-refractivity contribution >= 4 is 17.8 Å². The number of hydrogen-bond acceptors (Lipinski definition) is 8. The summed E-state index contributed by atoms with van der Waals surface area (Å²) in [6.07, 6.45) is 0.0933. The number of hydrazone groups is 1. The van der Waals surface area contributed by atoms with Gasteiger partial charge in [-0.15, -0.1) is 0 Å². The third kappa shape index (κ3) is 4.11. The van der Waals surface area contributed by atoms with Crippen molar-refractivity contribution in [2.75, 3.05) is 13.2 Å². The smallest absolute Gasteiger partial charge is 0.284 e. The Kier molecular flexibility index (Phi) is 5.58. The Labute approximate surface area is 159 Å². The first-order valence-electron chi connectivity index (χ1n) is 8.33. The molecule has 0 bridgehead atoms. The summed E-state index contributed by atoms with van der Waals surface area (Å²) in [6.45, 7) is 1.82. The van der Waals surface area contributed by atoms with Crippen LogP contribution >= 0.6 is 0 Å². The Morgan fingerprint density at radius 1 is 1.39 bits per heavy atom. The third-order valence-electron chi connectivity index (χ3n) is 3.76. The van der Waals surface area contributed by atoms with Gasteiger partial charge in [-0.2, -0.15) is 5.10 Å². The van der Waals surface area contributed by atoms with Crippen LogP contribution in [0.1, 0.15) is 12.5 Å². The molecule has 2 aromatic carbocycles. The molecule has 1 aliphatic rings. The number of non-ortho nitro benzene ring substituents is 1. The number of nitrogens with one attached hydrogen (secondary N) is 1. The fourth-order valence-electron chi connectivity index (χ4n) is 2.46. The van der Waals surface area contributed by atoms with Crippen molar-refractivity contribution in [3.05, 3.63) is 52.1 Å². The highest BCUT2D eigenvalue weighted by atomic mass is 16.6. The molecule has 0 saturated carbocycles. The van der Waals surface area contributed by atoms with Crippen LogP contribution in [0.5, 0.6) is 23.0 Å². The number of nitrogens with zero attached hydrogens (tertiary/aromatic N) is 2. The highest BCUT2D eigenvalue weighted by molar-refractivity contribution is 5.88. The number of para-hydroxylation sites is 2. The molecule has 0 aromatic heterocycles. The Hall–Kier alpha value is -3.82. The zero-order valence-electron chi connectivity index (χ0n) is 14.8. The van der Waals surface area contributed by atoms with Gasteiger partial charge in [0.25, 0.3) is 11.6 Å². The number of carbonyl (C=O) groups excluding carboxylic acids is 1. The van der Waals surface area contributed by atoms with Gasteiger partial charge in [0.15, 0.2) is 11.5 Å². The quantitative estimate of drug-likeness (QED) is 0.450. The number of rotatable bonds is 6. The summed E-state index contributed by atoms with van der Waals surface area (Å²) in [7, 11) is 0. The minimum absolute atomic E-state index is 0.00350. The van der Waals surface area contributed by atoms with Crippen molar-refractivity contribution in [1.82, 2.24) is 5.43 Å². The van der Waals surface area contributed by atoms with E-state index < -0.39 is 22.7 Å². The molecule has 10 nitrogen and oxygen atoms in total. The molecule has 0 fully saturated rings. The summed E-state index contributed by atoms with van der Waals surface area (Å²) in [5.41, 5.74) is 1.82. The summed E-state index contributed by atoms with van der Waals surface area (Å²) < 4.78 is 16.1. The normalized spacial score (nSPS) is 15.2. The number of amides is 1. The topological polar surface area (TPSA) is 135 Å². The van der Waals surface area contributed by atoms with Gasteiger partial charge < -0.3 is 19.3 Å². The van der Waals surface area contributed by atoms with Gasteiger partial charge >= 0.3 is 0 Å². The number of carbonyl (C=O) groups is 1. The van der Waals surface area contributed by atoms with E-state index in [1.165, 1.54) is 0 Å². The van der Waals surface area contributed by atoms with Gasteiger partial charge in [0.2, 0.25) is 6.10 Å². The van der Waals surface area contributed by atoms with Gasteiger partial charge in [-0.1, -0.05) is 17.9 Å². The van der Waals surface area contributed by atoms with Crippen LogP contribution in [-0.4, -0.2) is 36.4 Å². The lowest BCUT2D eigenvalue weighted by molar-refractivity contribution is -0.385. The molecule has 0 unspecified atom stereocenters. The lowest BCUT2D eigenvalue weighted by Crippen LogP contribution is -2.42. The van der Waals surface area contributed by atoms with Gasteiger partial charge in [-0.3, -0.25) is 14.9 Å². The van der Waals surface area contributed by atoms with E-state index in [1.54, 1.807) is 31.2 Å². The Bertz CT molecular complexity index is 929. The summed E-state index contributed by atoms with van der Waals surface area (Å²) in [4.78, 5) is 22.5. The van der Waals surface area contributed by atoms with Gasteiger partial charge in [-0.05, 0) is 24.6 Å². The van der Waals surface area contributed by atoms with Crippen LogP contribution in [0.25, 0.3) is 0 Å². The summed E-state index contributed by atoms with van der Waals surface area (Å²) in [6, 6.07) is 9.01. The predicted octanol–water partition coefficient (Wildman–Crippen LogP) is 1.36. The first-order chi connectivity index (χ1) is 13.5. The highest BCUT2D eigenvalue weighted by Gasteiger charge is 2.27. The molecule has 0 radical (unpaired) electrons. The van der Waals surface area contributed by atoms with E-state index in [2.05, 4.69) is 10.5 Å². The van der Waals surface area contributed by atoms with Gasteiger partial charge in [0, 0.05) is 6.07 Å². The molecule has 10 heteroatoms. The Balaban J connectivity index is 1.70. The number of hydrogen-bond donors (Lipinski definition) is 1. The molecular formula is C18H16N3O7-. The molecule has 2 aromatic rings. The largest absolute Gasteiger partial charge is 0.870 e.